The minimum Gasteiger partial charge on any atom is -0.481 e. The van der Waals surface area contributed by atoms with Crippen LogP contribution in [0, 0.1) is 5.92 Å². The number of aliphatic carboxylic acids is 1. The molecule has 35 heavy (non-hydrogen) atoms. The van der Waals surface area contributed by atoms with Gasteiger partial charge in [0, 0.05) is 30.5 Å². The summed E-state index contributed by atoms with van der Waals surface area (Å²) in [7, 11) is 0. The van der Waals surface area contributed by atoms with E-state index >= 15 is 0 Å². The molecule has 2 fully saturated rings. The number of benzene rings is 2. The van der Waals surface area contributed by atoms with Gasteiger partial charge in [0.2, 0.25) is 5.91 Å². The normalized spacial score (nSPS) is 23.4. The molecule has 184 valence electrons. The number of likely N-dealkylation sites (tertiary alicyclic amines) is 1. The summed E-state index contributed by atoms with van der Waals surface area (Å²) in [6.07, 6.45) is 4.15. The molecule has 1 aliphatic heterocycles. The van der Waals surface area contributed by atoms with Gasteiger partial charge in [-0.15, -0.1) is 0 Å². The Morgan fingerprint density at radius 2 is 1.63 bits per heavy atom. The number of carbonyl (C=O) groups is 3. The predicted molar refractivity (Wildman–Crippen MR) is 131 cm³/mol. The Morgan fingerprint density at radius 3 is 2.31 bits per heavy atom. The molecule has 2 N–H and O–H groups in total. The maximum atomic E-state index is 13.1. The Kier molecular flexibility index (Phi) is 6.75. The van der Waals surface area contributed by atoms with Crippen molar-refractivity contribution in [1.29, 1.82) is 0 Å². The Balaban J connectivity index is 1.15. The molecule has 1 saturated heterocycles. The Labute approximate surface area is 205 Å². The summed E-state index contributed by atoms with van der Waals surface area (Å²) in [5, 5.41) is 12.2. The van der Waals surface area contributed by atoms with E-state index in [2.05, 4.69) is 29.6 Å². The SMILES string of the molecule is O=C(O)C[C@H]1CCCCN1C(=O)C1CCC(NC(=O)OCC2c3ccccc3-c3ccccc32)C1. The number of fused-ring (bicyclic) bond motifs is 3. The van der Waals surface area contributed by atoms with E-state index in [1.165, 1.54) is 22.3 Å². The van der Waals surface area contributed by atoms with Gasteiger partial charge in [-0.1, -0.05) is 48.5 Å². The minimum atomic E-state index is -0.865. The van der Waals surface area contributed by atoms with Crippen LogP contribution in [-0.2, 0) is 14.3 Å². The van der Waals surface area contributed by atoms with E-state index in [9.17, 15) is 19.5 Å². The number of alkyl carbamates (subject to hydrolysis) is 1. The largest absolute Gasteiger partial charge is 0.481 e. The second-order valence-corrected chi connectivity index (χ2v) is 9.96. The van der Waals surface area contributed by atoms with E-state index in [0.717, 1.165) is 25.7 Å². The molecule has 2 amide bonds. The lowest BCUT2D eigenvalue weighted by Crippen LogP contribution is -2.47. The molecule has 1 heterocycles. The van der Waals surface area contributed by atoms with Crippen molar-refractivity contribution in [3.8, 4) is 11.1 Å². The number of hydrogen-bond acceptors (Lipinski definition) is 4. The second-order valence-electron chi connectivity index (χ2n) is 9.96. The lowest BCUT2D eigenvalue weighted by atomic mass is 9.96. The molecule has 3 aliphatic rings. The first-order chi connectivity index (χ1) is 17.0. The smallest absolute Gasteiger partial charge is 0.407 e. The third kappa shape index (κ3) is 4.90. The first-order valence-corrected chi connectivity index (χ1v) is 12.6. The number of amides is 2. The Morgan fingerprint density at radius 1 is 0.943 bits per heavy atom. The summed E-state index contributed by atoms with van der Waals surface area (Å²) in [5.41, 5.74) is 4.72. The van der Waals surface area contributed by atoms with Crippen molar-refractivity contribution in [3.05, 3.63) is 59.7 Å². The molecular formula is C28H32N2O5. The van der Waals surface area contributed by atoms with E-state index < -0.39 is 12.1 Å². The highest BCUT2D eigenvalue weighted by Crippen LogP contribution is 2.44. The molecule has 2 aliphatic carbocycles. The summed E-state index contributed by atoms with van der Waals surface area (Å²) in [6, 6.07) is 16.1. The highest BCUT2D eigenvalue weighted by atomic mass is 16.5. The van der Waals surface area contributed by atoms with Crippen LogP contribution in [0.2, 0.25) is 0 Å². The third-order valence-electron chi connectivity index (χ3n) is 7.77. The van der Waals surface area contributed by atoms with Gasteiger partial charge in [0.05, 0.1) is 6.42 Å². The molecule has 7 nitrogen and oxygen atoms in total. The topological polar surface area (TPSA) is 95.9 Å². The standard InChI is InChI=1S/C28H32N2O5/c31-26(32)16-20-7-5-6-14-30(20)27(33)18-12-13-19(15-18)29-28(34)35-17-25-23-10-3-1-8-21(23)22-9-2-4-11-24(22)25/h1-4,8-11,18-20,25H,5-7,12-17H2,(H,29,34)(H,31,32)/t18?,19?,20-/m1/s1. The fourth-order valence-corrected chi connectivity index (χ4v) is 6.08. The van der Waals surface area contributed by atoms with Crippen molar-refractivity contribution in [2.45, 2.75) is 62.9 Å². The van der Waals surface area contributed by atoms with Crippen molar-refractivity contribution < 1.29 is 24.2 Å². The second kappa shape index (κ2) is 10.1. The first kappa shape index (κ1) is 23.4. The van der Waals surface area contributed by atoms with Crippen molar-refractivity contribution >= 4 is 18.0 Å². The molecule has 5 rings (SSSR count). The minimum absolute atomic E-state index is 0.000111. The molecule has 2 aromatic carbocycles. The Bertz CT molecular complexity index is 1070. The number of nitrogens with zero attached hydrogens (tertiary/aromatic N) is 1. The van der Waals surface area contributed by atoms with Crippen LogP contribution < -0.4 is 5.32 Å². The highest BCUT2D eigenvalue weighted by molar-refractivity contribution is 5.81. The number of ether oxygens (including phenoxy) is 1. The van der Waals surface area contributed by atoms with Gasteiger partial charge >= 0.3 is 12.1 Å². The molecule has 3 atom stereocenters. The quantitative estimate of drug-likeness (QED) is 0.638. The molecule has 2 unspecified atom stereocenters. The van der Waals surface area contributed by atoms with E-state index in [0.29, 0.717) is 19.4 Å². The van der Waals surface area contributed by atoms with Crippen LogP contribution in [0.25, 0.3) is 11.1 Å². The molecule has 0 spiro atoms. The van der Waals surface area contributed by atoms with Crippen molar-refractivity contribution in [2.75, 3.05) is 13.2 Å². The number of nitrogens with one attached hydrogen (secondary N) is 1. The zero-order chi connectivity index (χ0) is 24.4. The van der Waals surface area contributed by atoms with Gasteiger partial charge in [0.25, 0.3) is 0 Å². The molecule has 1 saturated carbocycles. The van der Waals surface area contributed by atoms with Gasteiger partial charge in [-0.05, 0) is 60.8 Å². The van der Waals surface area contributed by atoms with Gasteiger partial charge in [-0.2, -0.15) is 0 Å². The van der Waals surface area contributed by atoms with Crippen LogP contribution in [0.4, 0.5) is 4.79 Å². The van der Waals surface area contributed by atoms with Gasteiger partial charge in [-0.3, -0.25) is 9.59 Å². The molecule has 7 heteroatoms. The number of piperidine rings is 1. The van der Waals surface area contributed by atoms with Crippen LogP contribution in [0.5, 0.6) is 0 Å². The maximum Gasteiger partial charge on any atom is 0.407 e. The highest BCUT2D eigenvalue weighted by Gasteiger charge is 2.37. The predicted octanol–water partition coefficient (Wildman–Crippen LogP) is 4.55. The molecule has 0 aromatic heterocycles. The van der Waals surface area contributed by atoms with Gasteiger partial charge in [0.15, 0.2) is 0 Å². The fourth-order valence-electron chi connectivity index (χ4n) is 6.08. The van der Waals surface area contributed by atoms with Gasteiger partial charge in [-0.25, -0.2) is 4.79 Å². The monoisotopic (exact) mass is 476 g/mol. The van der Waals surface area contributed by atoms with Crippen LogP contribution >= 0.6 is 0 Å². The van der Waals surface area contributed by atoms with E-state index in [4.69, 9.17) is 4.74 Å². The van der Waals surface area contributed by atoms with Crippen LogP contribution in [0.3, 0.4) is 0 Å². The first-order valence-electron chi connectivity index (χ1n) is 12.6. The summed E-state index contributed by atoms with van der Waals surface area (Å²) in [5.74, 6) is -0.997. The Hall–Kier alpha value is -3.35. The number of carboxylic acids is 1. The van der Waals surface area contributed by atoms with Gasteiger partial charge in [0.1, 0.15) is 6.61 Å². The van der Waals surface area contributed by atoms with Crippen molar-refractivity contribution in [1.82, 2.24) is 10.2 Å². The fraction of sp³-hybridized carbons (Fsp3) is 0.464. The number of hydrogen-bond donors (Lipinski definition) is 2. The average Bonchev–Trinajstić information content (AvgIpc) is 3.45. The molecular weight excluding hydrogens is 444 g/mol. The van der Waals surface area contributed by atoms with E-state index in [1.807, 2.05) is 24.3 Å². The van der Waals surface area contributed by atoms with Crippen molar-refractivity contribution in [2.24, 2.45) is 5.92 Å². The third-order valence-corrected chi connectivity index (χ3v) is 7.77. The average molecular weight is 477 g/mol. The zero-order valence-corrected chi connectivity index (χ0v) is 19.8. The molecule has 0 bridgehead atoms. The maximum absolute atomic E-state index is 13.1. The van der Waals surface area contributed by atoms with Crippen LogP contribution in [-0.4, -0.2) is 53.2 Å². The van der Waals surface area contributed by atoms with Crippen LogP contribution in [0.15, 0.2) is 48.5 Å². The summed E-state index contributed by atoms with van der Waals surface area (Å²) in [6.45, 7) is 0.886. The zero-order valence-electron chi connectivity index (χ0n) is 19.8. The summed E-state index contributed by atoms with van der Waals surface area (Å²) in [4.78, 5) is 38.8. The lowest BCUT2D eigenvalue weighted by Gasteiger charge is -2.36. The number of rotatable bonds is 6. The van der Waals surface area contributed by atoms with Gasteiger partial charge < -0.3 is 20.1 Å². The molecule has 0 radical (unpaired) electrons. The number of carboxylic acid groups (broad SMARTS) is 1. The number of carbonyl (C=O) groups excluding carboxylic acids is 2. The summed E-state index contributed by atoms with van der Waals surface area (Å²) < 4.78 is 5.66. The van der Waals surface area contributed by atoms with Crippen LogP contribution in [0.1, 0.15) is 62.0 Å². The van der Waals surface area contributed by atoms with E-state index in [-0.39, 0.29) is 42.9 Å². The van der Waals surface area contributed by atoms with E-state index in [1.54, 1.807) is 4.90 Å². The summed E-state index contributed by atoms with van der Waals surface area (Å²) >= 11 is 0. The van der Waals surface area contributed by atoms with Crippen molar-refractivity contribution in [3.63, 3.8) is 0 Å². The molecule has 2 aromatic rings. The lowest BCUT2D eigenvalue weighted by molar-refractivity contribution is -0.143.